The maximum atomic E-state index is 12.6. The summed E-state index contributed by atoms with van der Waals surface area (Å²) in [7, 11) is 0. The lowest BCUT2D eigenvalue weighted by Crippen LogP contribution is -2.17. The fourth-order valence-electron chi connectivity index (χ4n) is 3.61. The van der Waals surface area contributed by atoms with Crippen LogP contribution in [-0.2, 0) is 4.79 Å². The molecule has 0 aliphatic rings. The summed E-state index contributed by atoms with van der Waals surface area (Å²) in [5.74, 6) is 0.464. The highest BCUT2D eigenvalue weighted by Crippen LogP contribution is 2.23. The molecule has 0 saturated carbocycles. The molecule has 2 aromatic carbocycles. The molecule has 6 nitrogen and oxygen atoms in total. The van der Waals surface area contributed by atoms with Gasteiger partial charge in [0.2, 0.25) is 5.91 Å². The summed E-state index contributed by atoms with van der Waals surface area (Å²) in [5, 5.41) is 4.07. The van der Waals surface area contributed by atoms with E-state index in [4.69, 9.17) is 9.47 Å². The number of hydrogen-bond acceptors (Lipinski definition) is 5. The molecule has 196 valence electrons. The Kier molecular flexibility index (Phi) is 14.5. The fraction of sp³-hybridized carbons (Fsp3) is 0.483. The predicted molar refractivity (Wildman–Crippen MR) is 149 cm³/mol. The Balaban J connectivity index is 1.79. The van der Waals surface area contributed by atoms with Gasteiger partial charge in [-0.25, -0.2) is 10.2 Å². The molecular weight excluding hydrogens is 520 g/mol. The number of benzene rings is 2. The van der Waals surface area contributed by atoms with E-state index in [1.165, 1.54) is 51.2 Å². The third-order valence-corrected chi connectivity index (χ3v) is 6.13. The van der Waals surface area contributed by atoms with E-state index in [9.17, 15) is 9.59 Å². The minimum Gasteiger partial charge on any atom is -0.494 e. The van der Waals surface area contributed by atoms with Crippen molar-refractivity contribution in [1.82, 2.24) is 5.43 Å². The van der Waals surface area contributed by atoms with Crippen molar-refractivity contribution in [1.29, 1.82) is 0 Å². The van der Waals surface area contributed by atoms with Gasteiger partial charge in [-0.2, -0.15) is 5.10 Å². The number of unbranched alkanes of at least 4 members (excludes halogenated alkanes) is 8. The maximum Gasteiger partial charge on any atom is 0.343 e. The highest BCUT2D eigenvalue weighted by molar-refractivity contribution is 9.10. The molecule has 0 bridgehead atoms. The molecular formula is C29H39BrN2O4. The zero-order valence-corrected chi connectivity index (χ0v) is 23.1. The summed E-state index contributed by atoms with van der Waals surface area (Å²) in [6, 6.07) is 12.1. The lowest BCUT2D eigenvalue weighted by Gasteiger charge is -2.09. The van der Waals surface area contributed by atoms with Crippen LogP contribution >= 0.6 is 15.9 Å². The number of amides is 1. The molecule has 0 aliphatic carbocycles. The Morgan fingerprint density at radius 2 is 1.56 bits per heavy atom. The van der Waals surface area contributed by atoms with Crippen molar-refractivity contribution in [3.63, 3.8) is 0 Å². The molecule has 2 aromatic rings. The number of hydrogen-bond donors (Lipinski definition) is 1. The van der Waals surface area contributed by atoms with Crippen LogP contribution in [0.4, 0.5) is 0 Å². The number of nitrogens with zero attached hydrogens (tertiary/aromatic N) is 1. The standard InChI is InChI=1S/C29H39BrN2O4/c1-3-5-6-7-8-9-10-11-12-13-28(33)32-31-22-24-21-25(30)16-19-27(24)36-29(34)23-14-17-26(18-15-23)35-20-4-2/h14-19,21-22H,3-13,20H2,1-2H3,(H,32,33). The van der Waals surface area contributed by atoms with E-state index in [2.05, 4.69) is 33.4 Å². The van der Waals surface area contributed by atoms with Crippen molar-refractivity contribution < 1.29 is 19.1 Å². The minimum atomic E-state index is -0.483. The molecule has 0 aliphatic heterocycles. The Morgan fingerprint density at radius 3 is 2.22 bits per heavy atom. The molecule has 0 fully saturated rings. The van der Waals surface area contributed by atoms with E-state index in [1.54, 1.807) is 42.5 Å². The van der Waals surface area contributed by atoms with Gasteiger partial charge in [-0.1, -0.05) is 81.1 Å². The smallest absolute Gasteiger partial charge is 0.343 e. The zero-order valence-electron chi connectivity index (χ0n) is 21.6. The predicted octanol–water partition coefficient (Wildman–Crippen LogP) is 7.83. The highest BCUT2D eigenvalue weighted by Gasteiger charge is 2.12. The number of halogens is 1. The number of carbonyl (C=O) groups is 2. The van der Waals surface area contributed by atoms with Crippen LogP contribution in [0.1, 0.15) is 100 Å². The first-order valence-corrected chi connectivity index (χ1v) is 13.9. The van der Waals surface area contributed by atoms with E-state index in [1.807, 2.05) is 6.92 Å². The van der Waals surface area contributed by atoms with Gasteiger partial charge in [-0.3, -0.25) is 4.79 Å². The van der Waals surface area contributed by atoms with Crippen LogP contribution in [0.3, 0.4) is 0 Å². The summed E-state index contributed by atoms with van der Waals surface area (Å²) >= 11 is 3.43. The van der Waals surface area contributed by atoms with Crippen LogP contribution in [0.5, 0.6) is 11.5 Å². The van der Waals surface area contributed by atoms with Gasteiger partial charge in [-0.15, -0.1) is 0 Å². The van der Waals surface area contributed by atoms with Gasteiger partial charge in [0.15, 0.2) is 0 Å². The molecule has 7 heteroatoms. The molecule has 36 heavy (non-hydrogen) atoms. The quantitative estimate of drug-likeness (QED) is 0.0705. The highest BCUT2D eigenvalue weighted by atomic mass is 79.9. The Bertz CT molecular complexity index is 960. The van der Waals surface area contributed by atoms with Gasteiger partial charge in [0.05, 0.1) is 18.4 Å². The lowest BCUT2D eigenvalue weighted by molar-refractivity contribution is -0.121. The third kappa shape index (κ3) is 11.8. The number of esters is 1. The molecule has 0 unspecified atom stereocenters. The molecule has 0 saturated heterocycles. The fourth-order valence-corrected chi connectivity index (χ4v) is 3.98. The Hall–Kier alpha value is -2.67. The van der Waals surface area contributed by atoms with Crippen molar-refractivity contribution in [3.05, 3.63) is 58.1 Å². The second-order valence-corrected chi connectivity index (χ2v) is 9.73. The molecule has 0 aromatic heterocycles. The second kappa shape index (κ2) is 17.7. The van der Waals surface area contributed by atoms with Crippen LogP contribution in [0.2, 0.25) is 0 Å². The van der Waals surface area contributed by atoms with Gasteiger partial charge in [0.25, 0.3) is 0 Å². The topological polar surface area (TPSA) is 77.0 Å². The number of carbonyl (C=O) groups excluding carboxylic acids is 2. The Morgan fingerprint density at radius 1 is 0.889 bits per heavy atom. The van der Waals surface area contributed by atoms with E-state index >= 15 is 0 Å². The molecule has 0 spiro atoms. The van der Waals surface area contributed by atoms with E-state index in [-0.39, 0.29) is 5.91 Å². The Labute approximate surface area is 224 Å². The summed E-state index contributed by atoms with van der Waals surface area (Å²) in [6.07, 6.45) is 13.7. The van der Waals surface area contributed by atoms with Crippen LogP contribution < -0.4 is 14.9 Å². The van der Waals surface area contributed by atoms with Gasteiger partial charge >= 0.3 is 5.97 Å². The van der Waals surface area contributed by atoms with Crippen LogP contribution in [0, 0.1) is 0 Å². The van der Waals surface area contributed by atoms with Crippen LogP contribution in [-0.4, -0.2) is 24.7 Å². The van der Waals surface area contributed by atoms with Crippen LogP contribution in [0.25, 0.3) is 0 Å². The first kappa shape index (κ1) is 29.6. The molecule has 1 N–H and O–H groups in total. The molecule has 0 radical (unpaired) electrons. The monoisotopic (exact) mass is 558 g/mol. The van der Waals surface area contributed by atoms with Gasteiger partial charge in [-0.05, 0) is 55.3 Å². The average Bonchev–Trinajstić information content (AvgIpc) is 2.88. The van der Waals surface area contributed by atoms with Gasteiger partial charge in [0, 0.05) is 16.5 Å². The minimum absolute atomic E-state index is 0.117. The van der Waals surface area contributed by atoms with E-state index in [0.717, 1.165) is 23.7 Å². The maximum absolute atomic E-state index is 12.6. The largest absolute Gasteiger partial charge is 0.494 e. The van der Waals surface area contributed by atoms with Crippen molar-refractivity contribution in [2.75, 3.05) is 6.61 Å². The molecule has 0 atom stereocenters. The number of nitrogens with one attached hydrogen (secondary N) is 1. The van der Waals surface area contributed by atoms with Crippen molar-refractivity contribution in [2.45, 2.75) is 84.5 Å². The number of ether oxygens (including phenoxy) is 2. The molecule has 2 rings (SSSR count). The van der Waals surface area contributed by atoms with Gasteiger partial charge in [0.1, 0.15) is 11.5 Å². The summed E-state index contributed by atoms with van der Waals surface area (Å²) in [6.45, 7) is 4.89. The lowest BCUT2D eigenvalue weighted by atomic mass is 10.1. The second-order valence-electron chi connectivity index (χ2n) is 8.82. The number of rotatable bonds is 17. The SMILES string of the molecule is CCCCCCCCCCCC(=O)NN=Cc1cc(Br)ccc1OC(=O)c1ccc(OCCC)cc1. The summed E-state index contributed by atoms with van der Waals surface area (Å²) < 4.78 is 12.0. The first-order valence-electron chi connectivity index (χ1n) is 13.1. The summed E-state index contributed by atoms with van der Waals surface area (Å²) in [5.41, 5.74) is 3.56. The summed E-state index contributed by atoms with van der Waals surface area (Å²) in [4.78, 5) is 24.7. The van der Waals surface area contributed by atoms with Crippen molar-refractivity contribution in [2.24, 2.45) is 5.10 Å². The third-order valence-electron chi connectivity index (χ3n) is 5.64. The van der Waals surface area contributed by atoms with E-state index in [0.29, 0.717) is 35.7 Å². The van der Waals surface area contributed by atoms with Crippen molar-refractivity contribution in [3.8, 4) is 11.5 Å². The normalized spacial score (nSPS) is 11.0. The molecule has 0 heterocycles. The average molecular weight is 560 g/mol. The van der Waals surface area contributed by atoms with Gasteiger partial charge < -0.3 is 9.47 Å². The molecule has 1 amide bonds. The van der Waals surface area contributed by atoms with Crippen molar-refractivity contribution >= 4 is 34.0 Å². The first-order chi connectivity index (χ1) is 17.5. The number of hydrazone groups is 1. The zero-order chi connectivity index (χ0) is 26.0. The van der Waals surface area contributed by atoms with E-state index < -0.39 is 5.97 Å². The van der Waals surface area contributed by atoms with Crippen LogP contribution in [0.15, 0.2) is 52.0 Å².